The number of nitrogens with one attached hydrogen (secondary N) is 2. The van der Waals surface area contributed by atoms with E-state index in [-0.39, 0.29) is 6.04 Å². The van der Waals surface area contributed by atoms with E-state index in [4.69, 9.17) is 4.74 Å². The summed E-state index contributed by atoms with van der Waals surface area (Å²) in [6.45, 7) is 8.90. The number of nitrogens with zero attached hydrogens (tertiary/aromatic N) is 2. The van der Waals surface area contributed by atoms with Gasteiger partial charge in [0.05, 0.1) is 12.6 Å². The van der Waals surface area contributed by atoms with E-state index >= 15 is 0 Å². The van der Waals surface area contributed by atoms with Crippen LogP contribution >= 0.6 is 0 Å². The Morgan fingerprint density at radius 2 is 1.78 bits per heavy atom. The minimum Gasteiger partial charge on any atom is -0.383 e. The molecule has 2 N–H and O–H groups in total. The highest BCUT2D eigenvalue weighted by atomic mass is 16.5. The van der Waals surface area contributed by atoms with Crippen LogP contribution in [0.15, 0.2) is 0 Å². The number of hydrogen-bond acceptors (Lipinski definition) is 5. The number of hydrogen-bond donors (Lipinski definition) is 2. The second-order valence-electron chi connectivity index (χ2n) is 4.79. The highest BCUT2D eigenvalue weighted by Crippen LogP contribution is 2.21. The van der Waals surface area contributed by atoms with Crippen molar-refractivity contribution in [1.29, 1.82) is 0 Å². The second-order valence-corrected chi connectivity index (χ2v) is 4.79. The van der Waals surface area contributed by atoms with Crippen LogP contribution in [-0.4, -0.2) is 36.8 Å². The fraction of sp³-hybridized carbons (Fsp3) is 0.692. The van der Waals surface area contributed by atoms with Gasteiger partial charge in [-0.3, -0.25) is 0 Å². The topological polar surface area (TPSA) is 59.1 Å². The number of methoxy groups -OCH3 is 1. The van der Waals surface area contributed by atoms with Crippen LogP contribution in [0.2, 0.25) is 0 Å². The molecule has 0 fully saturated rings. The number of aromatic nitrogens is 2. The zero-order valence-electron chi connectivity index (χ0n) is 12.2. The van der Waals surface area contributed by atoms with Crippen molar-refractivity contribution in [2.45, 2.75) is 33.7 Å². The molecule has 0 amide bonds. The normalized spacial score (nSPS) is 12.6. The van der Waals surface area contributed by atoms with E-state index in [9.17, 15) is 0 Å². The highest BCUT2D eigenvalue weighted by Gasteiger charge is 2.16. The summed E-state index contributed by atoms with van der Waals surface area (Å²) in [6.07, 6.45) is 0. The summed E-state index contributed by atoms with van der Waals surface area (Å²) in [4.78, 5) is 8.82. The average molecular weight is 252 g/mol. The van der Waals surface area contributed by atoms with Gasteiger partial charge in [0.1, 0.15) is 17.5 Å². The molecule has 1 aromatic rings. The Morgan fingerprint density at radius 1 is 1.17 bits per heavy atom. The highest BCUT2D eigenvalue weighted by molar-refractivity contribution is 5.57. The van der Waals surface area contributed by atoms with Gasteiger partial charge in [0.25, 0.3) is 0 Å². The lowest BCUT2D eigenvalue weighted by Crippen LogP contribution is -2.31. The first kappa shape index (κ1) is 14.7. The number of anilines is 2. The van der Waals surface area contributed by atoms with Crippen LogP contribution in [0.3, 0.4) is 0 Å². The van der Waals surface area contributed by atoms with Crippen molar-refractivity contribution in [1.82, 2.24) is 9.97 Å². The van der Waals surface area contributed by atoms with Gasteiger partial charge in [-0.05, 0) is 19.8 Å². The van der Waals surface area contributed by atoms with Gasteiger partial charge in [-0.25, -0.2) is 9.97 Å². The van der Waals surface area contributed by atoms with Crippen molar-refractivity contribution < 1.29 is 4.74 Å². The summed E-state index contributed by atoms with van der Waals surface area (Å²) in [7, 11) is 3.59. The van der Waals surface area contributed by atoms with Gasteiger partial charge in [0.2, 0.25) is 0 Å². The van der Waals surface area contributed by atoms with Crippen molar-refractivity contribution in [3.05, 3.63) is 11.4 Å². The van der Waals surface area contributed by atoms with Gasteiger partial charge in [-0.2, -0.15) is 0 Å². The Bertz CT molecular complexity index is 393. The lowest BCUT2D eigenvalue weighted by Gasteiger charge is -2.23. The van der Waals surface area contributed by atoms with E-state index in [1.165, 1.54) is 0 Å². The lowest BCUT2D eigenvalue weighted by molar-refractivity contribution is 0.171. The van der Waals surface area contributed by atoms with Gasteiger partial charge >= 0.3 is 0 Å². The van der Waals surface area contributed by atoms with Crippen LogP contribution in [0, 0.1) is 19.8 Å². The molecule has 0 saturated carbocycles. The van der Waals surface area contributed by atoms with Crippen molar-refractivity contribution in [2.24, 2.45) is 5.92 Å². The van der Waals surface area contributed by atoms with E-state index in [2.05, 4.69) is 34.4 Å². The summed E-state index contributed by atoms with van der Waals surface area (Å²) in [6, 6.07) is 0.243. The summed E-state index contributed by atoms with van der Waals surface area (Å²) < 4.78 is 5.24. The van der Waals surface area contributed by atoms with Crippen LogP contribution in [-0.2, 0) is 4.74 Å². The molecule has 1 atom stereocenters. The van der Waals surface area contributed by atoms with Crippen LogP contribution in [0.1, 0.15) is 25.2 Å². The van der Waals surface area contributed by atoms with E-state index in [0.717, 1.165) is 23.0 Å². The summed E-state index contributed by atoms with van der Waals surface area (Å²) in [5.41, 5.74) is 1.03. The maximum atomic E-state index is 5.24. The number of rotatable bonds is 6. The van der Waals surface area contributed by atoms with Gasteiger partial charge in [-0.15, -0.1) is 0 Å². The molecule has 102 valence electrons. The van der Waals surface area contributed by atoms with E-state index in [1.807, 2.05) is 20.9 Å². The van der Waals surface area contributed by atoms with Gasteiger partial charge in [0, 0.05) is 19.7 Å². The van der Waals surface area contributed by atoms with Crippen LogP contribution in [0.5, 0.6) is 0 Å². The third-order valence-electron chi connectivity index (χ3n) is 2.97. The Hall–Kier alpha value is -1.36. The van der Waals surface area contributed by atoms with Crippen molar-refractivity contribution in [3.63, 3.8) is 0 Å². The molecule has 0 bridgehead atoms. The standard InChI is InChI=1S/C13H24N4O/c1-8(2)11(7-18-6)17-13-9(3)12(14-5)15-10(4)16-13/h8,11H,7H2,1-6H3,(H2,14,15,16,17). The first-order valence-electron chi connectivity index (χ1n) is 6.28. The molecule has 1 heterocycles. The Labute approximate surface area is 109 Å². The molecule has 5 heteroatoms. The SMILES string of the molecule is CNc1nc(C)nc(NC(COC)C(C)C)c1C. The first-order chi connectivity index (χ1) is 8.49. The molecular weight excluding hydrogens is 228 g/mol. The van der Waals surface area contributed by atoms with Crippen molar-refractivity contribution in [2.75, 3.05) is 31.4 Å². The molecule has 0 aliphatic heterocycles. The predicted molar refractivity (Wildman–Crippen MR) is 75.2 cm³/mol. The Balaban J connectivity index is 2.98. The molecule has 1 unspecified atom stereocenters. The zero-order valence-corrected chi connectivity index (χ0v) is 12.2. The minimum absolute atomic E-state index is 0.243. The smallest absolute Gasteiger partial charge is 0.135 e. The molecule has 0 aliphatic carbocycles. The largest absolute Gasteiger partial charge is 0.383 e. The van der Waals surface area contributed by atoms with Crippen LogP contribution in [0.25, 0.3) is 0 Å². The molecule has 18 heavy (non-hydrogen) atoms. The lowest BCUT2D eigenvalue weighted by atomic mass is 10.1. The van der Waals surface area contributed by atoms with E-state index in [0.29, 0.717) is 12.5 Å². The maximum absolute atomic E-state index is 5.24. The summed E-state index contributed by atoms with van der Waals surface area (Å²) in [5.74, 6) is 2.97. The average Bonchev–Trinajstić information content (AvgIpc) is 2.32. The number of aryl methyl sites for hydroxylation is 1. The Morgan fingerprint density at radius 3 is 2.28 bits per heavy atom. The first-order valence-corrected chi connectivity index (χ1v) is 6.28. The molecule has 1 aromatic heterocycles. The van der Waals surface area contributed by atoms with Crippen molar-refractivity contribution >= 4 is 11.6 Å². The summed E-state index contributed by atoms with van der Waals surface area (Å²) in [5, 5.41) is 6.54. The second kappa shape index (κ2) is 6.54. The molecule has 0 aliphatic rings. The van der Waals surface area contributed by atoms with Gasteiger partial charge in [-0.1, -0.05) is 13.8 Å². The maximum Gasteiger partial charge on any atom is 0.135 e. The summed E-state index contributed by atoms with van der Waals surface area (Å²) >= 11 is 0. The molecule has 5 nitrogen and oxygen atoms in total. The Kier molecular flexibility index (Phi) is 5.34. The monoisotopic (exact) mass is 252 g/mol. The molecule has 0 saturated heterocycles. The molecule has 0 spiro atoms. The fourth-order valence-electron chi connectivity index (χ4n) is 1.77. The zero-order chi connectivity index (χ0) is 13.7. The number of ether oxygens (including phenoxy) is 1. The molecule has 0 radical (unpaired) electrons. The quantitative estimate of drug-likeness (QED) is 0.813. The molecule has 1 rings (SSSR count). The van der Waals surface area contributed by atoms with E-state index in [1.54, 1.807) is 7.11 Å². The molecular formula is C13H24N4O. The minimum atomic E-state index is 0.243. The molecule has 0 aromatic carbocycles. The van der Waals surface area contributed by atoms with Crippen LogP contribution < -0.4 is 10.6 Å². The van der Waals surface area contributed by atoms with Gasteiger partial charge < -0.3 is 15.4 Å². The van der Waals surface area contributed by atoms with E-state index < -0.39 is 0 Å². The van der Waals surface area contributed by atoms with Gasteiger partial charge in [0.15, 0.2) is 0 Å². The fourth-order valence-corrected chi connectivity index (χ4v) is 1.77. The third kappa shape index (κ3) is 3.57. The third-order valence-corrected chi connectivity index (χ3v) is 2.97. The predicted octanol–water partition coefficient (Wildman–Crippen LogP) is 2.22. The van der Waals surface area contributed by atoms with Crippen molar-refractivity contribution in [3.8, 4) is 0 Å². The van der Waals surface area contributed by atoms with Crippen LogP contribution in [0.4, 0.5) is 11.6 Å².